The van der Waals surface area contributed by atoms with E-state index >= 15 is 0 Å². The van der Waals surface area contributed by atoms with Crippen LogP contribution in [0.1, 0.15) is 23.7 Å². The van der Waals surface area contributed by atoms with Gasteiger partial charge in [0.1, 0.15) is 5.82 Å². The van der Waals surface area contributed by atoms with Gasteiger partial charge in [-0.2, -0.15) is 0 Å². The Hall–Kier alpha value is -1.42. The van der Waals surface area contributed by atoms with Gasteiger partial charge in [0.15, 0.2) is 5.78 Å². The monoisotopic (exact) mass is 250 g/mol. The van der Waals surface area contributed by atoms with E-state index in [0.29, 0.717) is 5.56 Å². The van der Waals surface area contributed by atoms with Crippen molar-refractivity contribution in [2.75, 3.05) is 38.1 Å². The van der Waals surface area contributed by atoms with Crippen molar-refractivity contribution < 1.29 is 9.18 Å². The van der Waals surface area contributed by atoms with Gasteiger partial charge in [0.2, 0.25) is 0 Å². The lowest BCUT2D eigenvalue weighted by Gasteiger charge is -2.24. The minimum Gasteiger partial charge on any atom is -0.370 e. The molecule has 1 fully saturated rings. The van der Waals surface area contributed by atoms with Crippen molar-refractivity contribution in [3.05, 3.63) is 29.6 Å². The van der Waals surface area contributed by atoms with E-state index in [4.69, 9.17) is 0 Å². The van der Waals surface area contributed by atoms with Crippen molar-refractivity contribution in [1.82, 2.24) is 4.90 Å². The van der Waals surface area contributed by atoms with E-state index in [9.17, 15) is 9.18 Å². The number of nitrogens with zero attached hydrogens (tertiary/aromatic N) is 2. The summed E-state index contributed by atoms with van der Waals surface area (Å²) in [6, 6.07) is 4.49. The maximum atomic E-state index is 13.2. The first-order valence-corrected chi connectivity index (χ1v) is 6.32. The predicted molar refractivity (Wildman–Crippen MR) is 70.7 cm³/mol. The van der Waals surface area contributed by atoms with Crippen LogP contribution in [0.15, 0.2) is 18.2 Å². The van der Waals surface area contributed by atoms with Crippen molar-refractivity contribution in [3.63, 3.8) is 0 Å². The number of Topliss-reactive ketones (excluding diaryl/α,β-unsaturated/α-hetero) is 1. The highest BCUT2D eigenvalue weighted by Gasteiger charge is 2.17. The number of carbonyl (C=O) groups is 1. The summed E-state index contributed by atoms with van der Waals surface area (Å²) >= 11 is 0. The third-order valence-electron chi connectivity index (χ3n) is 3.40. The molecular formula is C14H19FN2O. The number of carbonyl (C=O) groups excluding carboxylic acids is 1. The summed E-state index contributed by atoms with van der Waals surface area (Å²) in [4.78, 5) is 16.1. The van der Waals surface area contributed by atoms with Crippen LogP contribution in [0.2, 0.25) is 0 Å². The largest absolute Gasteiger partial charge is 0.370 e. The molecule has 1 aliphatic rings. The van der Waals surface area contributed by atoms with Crippen molar-refractivity contribution >= 4 is 11.5 Å². The number of benzene rings is 1. The Bertz CT molecular complexity index is 447. The Labute approximate surface area is 107 Å². The van der Waals surface area contributed by atoms with Crippen LogP contribution < -0.4 is 4.90 Å². The molecule has 0 spiro atoms. The topological polar surface area (TPSA) is 23.6 Å². The third kappa shape index (κ3) is 2.88. The number of hydrogen-bond donors (Lipinski definition) is 0. The summed E-state index contributed by atoms with van der Waals surface area (Å²) in [6.45, 7) is 5.31. The summed E-state index contributed by atoms with van der Waals surface area (Å²) in [5.41, 5.74) is 1.35. The third-order valence-corrected chi connectivity index (χ3v) is 3.40. The second-order valence-corrected chi connectivity index (χ2v) is 4.86. The SMILES string of the molecule is CC(=O)c1cc(F)ccc1N1CCCN(C)CC1. The number of hydrogen-bond acceptors (Lipinski definition) is 3. The zero-order valence-corrected chi connectivity index (χ0v) is 10.9. The molecule has 4 heteroatoms. The molecule has 2 rings (SSSR count). The summed E-state index contributed by atoms with van der Waals surface area (Å²) in [7, 11) is 2.10. The van der Waals surface area contributed by atoms with Crippen molar-refractivity contribution in [1.29, 1.82) is 0 Å². The van der Waals surface area contributed by atoms with E-state index < -0.39 is 0 Å². The molecule has 0 aromatic heterocycles. The fourth-order valence-electron chi connectivity index (χ4n) is 2.35. The van der Waals surface area contributed by atoms with Crippen LogP contribution in [0.25, 0.3) is 0 Å². The van der Waals surface area contributed by atoms with Gasteiger partial charge in [-0.25, -0.2) is 4.39 Å². The molecule has 0 unspecified atom stereocenters. The second-order valence-electron chi connectivity index (χ2n) is 4.86. The Morgan fingerprint density at radius 1 is 1.22 bits per heavy atom. The Kier molecular flexibility index (Phi) is 3.97. The zero-order valence-electron chi connectivity index (χ0n) is 10.9. The lowest BCUT2D eigenvalue weighted by molar-refractivity contribution is 0.101. The van der Waals surface area contributed by atoms with Crippen molar-refractivity contribution in [3.8, 4) is 0 Å². The van der Waals surface area contributed by atoms with Crippen LogP contribution in [0.5, 0.6) is 0 Å². The van der Waals surface area contributed by atoms with Gasteiger partial charge in [-0.1, -0.05) is 0 Å². The number of anilines is 1. The molecule has 18 heavy (non-hydrogen) atoms. The van der Waals surface area contributed by atoms with Crippen LogP contribution in [0, 0.1) is 5.82 Å². The Morgan fingerprint density at radius 2 is 2.00 bits per heavy atom. The standard InChI is InChI=1S/C14H19FN2O/c1-11(18)13-10-12(15)4-5-14(13)17-7-3-6-16(2)8-9-17/h4-5,10H,3,6-9H2,1-2H3. The van der Waals surface area contributed by atoms with Crippen LogP contribution in [-0.2, 0) is 0 Å². The van der Waals surface area contributed by atoms with E-state index in [1.54, 1.807) is 6.07 Å². The second kappa shape index (κ2) is 5.48. The highest BCUT2D eigenvalue weighted by atomic mass is 19.1. The Morgan fingerprint density at radius 3 is 2.72 bits per heavy atom. The minimum atomic E-state index is -0.351. The molecule has 0 saturated carbocycles. The molecule has 1 aromatic rings. The highest BCUT2D eigenvalue weighted by Crippen LogP contribution is 2.23. The molecule has 0 radical (unpaired) electrons. The van der Waals surface area contributed by atoms with Gasteiger partial charge in [0.25, 0.3) is 0 Å². The van der Waals surface area contributed by atoms with E-state index in [2.05, 4.69) is 16.8 Å². The molecule has 0 aliphatic carbocycles. The zero-order chi connectivity index (χ0) is 13.1. The van der Waals surface area contributed by atoms with Crippen LogP contribution in [0.4, 0.5) is 10.1 Å². The fourth-order valence-corrected chi connectivity index (χ4v) is 2.35. The van der Waals surface area contributed by atoms with Gasteiger partial charge in [-0.15, -0.1) is 0 Å². The van der Waals surface area contributed by atoms with E-state index in [-0.39, 0.29) is 11.6 Å². The van der Waals surface area contributed by atoms with Crippen LogP contribution in [-0.4, -0.2) is 43.9 Å². The van der Waals surface area contributed by atoms with Gasteiger partial charge < -0.3 is 9.80 Å². The fraction of sp³-hybridized carbons (Fsp3) is 0.500. The quantitative estimate of drug-likeness (QED) is 0.752. The molecule has 1 saturated heterocycles. The molecule has 0 N–H and O–H groups in total. The Balaban J connectivity index is 2.29. The maximum absolute atomic E-state index is 13.2. The smallest absolute Gasteiger partial charge is 0.161 e. The highest BCUT2D eigenvalue weighted by molar-refractivity contribution is 5.99. The van der Waals surface area contributed by atoms with Crippen LogP contribution >= 0.6 is 0 Å². The summed E-state index contributed by atoms with van der Waals surface area (Å²) < 4.78 is 13.2. The van der Waals surface area contributed by atoms with E-state index in [0.717, 1.165) is 38.3 Å². The molecule has 0 amide bonds. The first kappa shape index (κ1) is 13.0. The van der Waals surface area contributed by atoms with Crippen LogP contribution in [0.3, 0.4) is 0 Å². The molecule has 0 bridgehead atoms. The molecule has 1 aromatic carbocycles. The molecular weight excluding hydrogens is 231 g/mol. The predicted octanol–water partition coefficient (Wildman–Crippen LogP) is 2.17. The van der Waals surface area contributed by atoms with Gasteiger partial charge in [-0.3, -0.25) is 4.79 Å². The van der Waals surface area contributed by atoms with Crippen molar-refractivity contribution in [2.45, 2.75) is 13.3 Å². The normalized spacial score (nSPS) is 17.6. The number of halogens is 1. The van der Waals surface area contributed by atoms with Gasteiger partial charge in [-0.05, 0) is 45.1 Å². The maximum Gasteiger partial charge on any atom is 0.161 e. The van der Waals surface area contributed by atoms with Gasteiger partial charge >= 0.3 is 0 Å². The number of ketones is 1. The summed E-state index contributed by atoms with van der Waals surface area (Å²) in [5, 5.41) is 0. The summed E-state index contributed by atoms with van der Waals surface area (Å²) in [6.07, 6.45) is 1.06. The molecule has 1 aliphatic heterocycles. The number of likely N-dealkylation sites (N-methyl/N-ethyl adjacent to an activating group) is 1. The van der Waals surface area contributed by atoms with E-state index in [1.165, 1.54) is 19.1 Å². The van der Waals surface area contributed by atoms with Crippen molar-refractivity contribution in [2.24, 2.45) is 0 Å². The first-order valence-electron chi connectivity index (χ1n) is 6.32. The molecule has 1 heterocycles. The van der Waals surface area contributed by atoms with E-state index in [1.807, 2.05) is 0 Å². The first-order chi connectivity index (χ1) is 8.58. The van der Waals surface area contributed by atoms with Gasteiger partial charge in [0, 0.05) is 30.9 Å². The minimum absolute atomic E-state index is 0.0814. The average molecular weight is 250 g/mol. The lowest BCUT2D eigenvalue weighted by Crippen LogP contribution is -2.29. The summed E-state index contributed by atoms with van der Waals surface area (Å²) in [5.74, 6) is -0.432. The lowest BCUT2D eigenvalue weighted by atomic mass is 10.1. The number of rotatable bonds is 2. The van der Waals surface area contributed by atoms with Gasteiger partial charge in [0.05, 0.1) is 0 Å². The average Bonchev–Trinajstić information content (AvgIpc) is 2.54. The molecule has 3 nitrogen and oxygen atoms in total. The molecule has 0 atom stereocenters. The molecule has 98 valence electrons.